The van der Waals surface area contributed by atoms with E-state index >= 15 is 0 Å². The Balaban J connectivity index is 5.03. The summed E-state index contributed by atoms with van der Waals surface area (Å²) in [6.07, 6.45) is -3.84. The van der Waals surface area contributed by atoms with Gasteiger partial charge in [-0.15, -0.1) is 20.2 Å². The number of carboxylic acids is 1. The van der Waals surface area contributed by atoms with E-state index in [4.69, 9.17) is 0 Å². The van der Waals surface area contributed by atoms with Crippen molar-refractivity contribution in [1.82, 2.24) is 0 Å². The number of likely N-dealkylation sites (N-methyl/N-ethyl adjacent to an activating group) is 1. The van der Waals surface area contributed by atoms with Crippen LogP contribution in [-0.2, 0) is 14.5 Å². The number of hydrogen-bond donors (Lipinski definition) is 0. The lowest BCUT2D eigenvalue weighted by Crippen LogP contribution is -2.54. The van der Waals surface area contributed by atoms with E-state index in [1.165, 1.54) is 0 Å². The van der Waals surface area contributed by atoms with Gasteiger partial charge in [0.15, 0.2) is 12.2 Å². The van der Waals surface area contributed by atoms with Gasteiger partial charge >= 0.3 is 0 Å². The van der Waals surface area contributed by atoms with E-state index < -0.39 is 28.4 Å². The van der Waals surface area contributed by atoms with E-state index in [1.54, 1.807) is 21.1 Å². The highest BCUT2D eigenvalue weighted by Crippen LogP contribution is 2.09. The second kappa shape index (κ2) is 5.95. The molecule has 0 saturated heterocycles. The number of carbonyl (C=O) groups is 1. The minimum atomic E-state index is -2.18. The number of carbonyl (C=O) groups excluding carboxylic acids is 1. The molecule has 0 spiro atoms. The normalized spacial score (nSPS) is 14.4. The molecule has 18 heavy (non-hydrogen) atoms. The summed E-state index contributed by atoms with van der Waals surface area (Å²) in [5.74, 6) is -1.97. The van der Waals surface area contributed by atoms with Crippen molar-refractivity contribution in [3.63, 3.8) is 0 Å². The van der Waals surface area contributed by atoms with Crippen molar-refractivity contribution in [1.29, 1.82) is 0 Å². The Morgan fingerprint density at radius 3 is 1.89 bits per heavy atom. The summed E-state index contributed by atoms with van der Waals surface area (Å²) < 4.78 is 0.0728. The molecular weight excluding hydrogens is 254 g/mol. The van der Waals surface area contributed by atoms with Crippen molar-refractivity contribution in [3.05, 3.63) is 20.2 Å². The topological polar surface area (TPSA) is 145 Å². The van der Waals surface area contributed by atoms with Crippen LogP contribution in [0.3, 0.4) is 0 Å². The molecule has 0 fully saturated rings. The average Bonchev–Trinajstić information content (AvgIpc) is 2.08. The summed E-state index contributed by atoms with van der Waals surface area (Å²) in [7, 11) is 4.78. The predicted octanol–water partition coefficient (Wildman–Crippen LogP) is -2.40. The van der Waals surface area contributed by atoms with Crippen molar-refractivity contribution >= 4 is 5.97 Å². The molecule has 0 aliphatic heterocycles. The molecule has 0 heterocycles. The van der Waals surface area contributed by atoms with E-state index in [0.717, 1.165) is 0 Å². The molecule has 11 heteroatoms. The first-order valence-electron chi connectivity index (χ1n) is 4.66. The quantitative estimate of drug-likeness (QED) is 0.268. The Labute approximate surface area is 101 Å². The van der Waals surface area contributed by atoms with Gasteiger partial charge in [0, 0.05) is 0 Å². The molecule has 0 bridgehead atoms. The molecule has 0 rings (SSSR count). The third kappa shape index (κ3) is 6.42. The first-order chi connectivity index (χ1) is 8.03. The average molecular weight is 267 g/mol. The van der Waals surface area contributed by atoms with Crippen molar-refractivity contribution in [2.45, 2.75) is 12.2 Å². The van der Waals surface area contributed by atoms with E-state index in [9.17, 15) is 30.1 Å². The Morgan fingerprint density at radius 1 is 1.17 bits per heavy atom. The number of aliphatic carboxylic acids is 1. The molecule has 1 unspecified atom stereocenters. The lowest BCUT2D eigenvalue weighted by atomic mass is 10.2. The summed E-state index contributed by atoms with van der Waals surface area (Å²) in [4.78, 5) is 39.0. The largest absolute Gasteiger partial charge is 0.548 e. The molecule has 0 aliphatic carbocycles. The van der Waals surface area contributed by atoms with Gasteiger partial charge in [-0.05, 0) is 0 Å². The third-order valence-corrected chi connectivity index (χ3v) is 1.72. The SMILES string of the molecule is C[N+](C)(C)CC(O[N+](=O)[O-])[C@@H](O[N+](=O)[O-])C(=O)[O-]. The molecule has 104 valence electrons. The number of quaternary nitrogens is 1. The van der Waals surface area contributed by atoms with Crippen LogP contribution in [0.25, 0.3) is 0 Å². The maximum absolute atomic E-state index is 10.7. The number of hydrogen-bond acceptors (Lipinski definition) is 8. The van der Waals surface area contributed by atoms with Crippen LogP contribution in [0.15, 0.2) is 0 Å². The van der Waals surface area contributed by atoms with Crippen LogP contribution in [-0.4, -0.2) is 60.5 Å². The highest BCUT2D eigenvalue weighted by molar-refractivity contribution is 5.70. The van der Waals surface area contributed by atoms with E-state index in [2.05, 4.69) is 9.68 Å². The summed E-state index contributed by atoms with van der Waals surface area (Å²) in [6, 6.07) is 0. The maximum Gasteiger partial charge on any atom is 0.295 e. The van der Waals surface area contributed by atoms with Crippen LogP contribution in [0.4, 0.5) is 0 Å². The minimum Gasteiger partial charge on any atom is -0.548 e. The summed E-state index contributed by atoms with van der Waals surface area (Å²) in [5.41, 5.74) is 0. The highest BCUT2D eigenvalue weighted by atomic mass is 17.0. The molecule has 0 radical (unpaired) electrons. The molecule has 0 amide bonds. The number of carboxylic acid groups (broad SMARTS) is 1. The van der Waals surface area contributed by atoms with Crippen LogP contribution in [0.1, 0.15) is 0 Å². The van der Waals surface area contributed by atoms with Gasteiger partial charge in [-0.1, -0.05) is 0 Å². The molecule has 0 saturated carbocycles. The zero-order valence-corrected chi connectivity index (χ0v) is 9.97. The van der Waals surface area contributed by atoms with Gasteiger partial charge < -0.3 is 24.1 Å². The summed E-state index contributed by atoms with van der Waals surface area (Å²) in [6.45, 7) is -0.201. The van der Waals surface area contributed by atoms with Crippen LogP contribution in [0.2, 0.25) is 0 Å². The van der Waals surface area contributed by atoms with Crippen molar-refractivity contribution in [3.8, 4) is 0 Å². The molecule has 0 N–H and O–H groups in total. The van der Waals surface area contributed by atoms with Crippen LogP contribution in [0.5, 0.6) is 0 Å². The molecule has 0 aromatic rings. The highest BCUT2D eigenvalue weighted by Gasteiger charge is 2.34. The molecular formula is C7H13N3O8. The summed E-state index contributed by atoms with van der Waals surface area (Å²) in [5, 5.41) is 28.5. The Kier molecular flexibility index (Phi) is 5.23. The fraction of sp³-hybridized carbons (Fsp3) is 0.857. The van der Waals surface area contributed by atoms with E-state index in [1.807, 2.05) is 0 Å². The number of nitrogens with zero attached hydrogens (tertiary/aromatic N) is 3. The second-order valence-corrected chi connectivity index (χ2v) is 4.41. The standard InChI is InChI=1S/C7H13N3O8/c1-10(2,3)4-5(17-8(13)14)6(7(11)12)18-9(15)16/h5-6H,4H2,1-3H3/t5?,6-/m1/s1. The van der Waals surface area contributed by atoms with Crippen LogP contribution in [0, 0.1) is 20.2 Å². The van der Waals surface area contributed by atoms with Crippen LogP contribution < -0.4 is 5.11 Å². The Bertz CT molecular complexity index is 338. The lowest BCUT2D eigenvalue weighted by Gasteiger charge is -2.31. The molecule has 0 aromatic carbocycles. The molecule has 0 aromatic heterocycles. The first-order valence-corrected chi connectivity index (χ1v) is 4.66. The third-order valence-electron chi connectivity index (χ3n) is 1.72. The first kappa shape index (κ1) is 15.8. The van der Waals surface area contributed by atoms with Gasteiger partial charge in [0.2, 0.25) is 0 Å². The fourth-order valence-electron chi connectivity index (χ4n) is 1.19. The van der Waals surface area contributed by atoms with Gasteiger partial charge in [-0.2, -0.15) is 0 Å². The second-order valence-electron chi connectivity index (χ2n) is 4.41. The van der Waals surface area contributed by atoms with Gasteiger partial charge in [0.05, 0.1) is 27.1 Å². The van der Waals surface area contributed by atoms with Crippen molar-refractivity contribution < 1.29 is 34.2 Å². The predicted molar refractivity (Wildman–Crippen MR) is 51.6 cm³/mol. The number of rotatable bonds is 8. The maximum atomic E-state index is 10.7. The van der Waals surface area contributed by atoms with Crippen LogP contribution >= 0.6 is 0 Å². The minimum absolute atomic E-state index is 0.0728. The zero-order valence-electron chi connectivity index (χ0n) is 9.97. The van der Waals surface area contributed by atoms with Gasteiger partial charge in [-0.25, -0.2) is 0 Å². The van der Waals surface area contributed by atoms with Crippen molar-refractivity contribution in [2.75, 3.05) is 27.7 Å². The molecule has 2 atom stereocenters. The van der Waals surface area contributed by atoms with Gasteiger partial charge in [-0.3, -0.25) is 0 Å². The van der Waals surface area contributed by atoms with E-state index in [0.29, 0.717) is 0 Å². The smallest absolute Gasteiger partial charge is 0.295 e. The van der Waals surface area contributed by atoms with Gasteiger partial charge in [0.25, 0.3) is 10.2 Å². The Hall–Kier alpha value is -2.17. The summed E-state index contributed by atoms with van der Waals surface area (Å²) >= 11 is 0. The monoisotopic (exact) mass is 267 g/mol. The van der Waals surface area contributed by atoms with Crippen molar-refractivity contribution in [2.24, 2.45) is 0 Å². The zero-order chi connectivity index (χ0) is 14.5. The molecule has 11 nitrogen and oxygen atoms in total. The van der Waals surface area contributed by atoms with E-state index in [-0.39, 0.29) is 11.0 Å². The fourth-order valence-corrected chi connectivity index (χ4v) is 1.19. The Morgan fingerprint density at radius 2 is 1.61 bits per heavy atom. The molecule has 0 aliphatic rings. The lowest BCUT2D eigenvalue weighted by molar-refractivity contribution is -0.889. The van der Waals surface area contributed by atoms with Gasteiger partial charge in [0.1, 0.15) is 6.54 Å².